The van der Waals surface area contributed by atoms with Gasteiger partial charge in [-0.05, 0) is 31.9 Å². The summed E-state index contributed by atoms with van der Waals surface area (Å²) < 4.78 is 13.8. The maximum Gasteiger partial charge on any atom is 0.148 e. The molecule has 0 aliphatic heterocycles. The minimum atomic E-state index is -0.431. The summed E-state index contributed by atoms with van der Waals surface area (Å²) in [6.07, 6.45) is 2.14. The zero-order valence-electron chi connectivity index (χ0n) is 10.8. The van der Waals surface area contributed by atoms with Crippen molar-refractivity contribution < 1.29 is 4.39 Å². The first kappa shape index (κ1) is 13.6. The number of rotatable bonds is 3. The van der Waals surface area contributed by atoms with Crippen LogP contribution in [0.25, 0.3) is 0 Å². The van der Waals surface area contributed by atoms with E-state index in [1.807, 2.05) is 0 Å². The van der Waals surface area contributed by atoms with E-state index in [4.69, 9.17) is 23.2 Å². The van der Waals surface area contributed by atoms with Crippen molar-refractivity contribution in [1.82, 2.24) is 9.97 Å². The number of hydrogen-bond donors (Lipinski definition) is 1. The second-order valence-electron chi connectivity index (χ2n) is 4.84. The van der Waals surface area contributed by atoms with Gasteiger partial charge in [-0.2, -0.15) is 0 Å². The lowest BCUT2D eigenvalue weighted by Gasteiger charge is -2.13. The molecule has 104 valence electrons. The molecule has 0 bridgehead atoms. The standard InChI is InChI=1S/C14H12Cl2FN3/c1-7-12(16)19-14(8-5-6-8)20-13(7)18-11-9(15)3-2-4-10(11)17/h2-4,8H,5-6H2,1H3,(H,18,19,20). The molecular formula is C14H12Cl2FN3. The summed E-state index contributed by atoms with van der Waals surface area (Å²) in [5.41, 5.74) is 0.879. The minimum Gasteiger partial charge on any atom is -0.336 e. The predicted molar refractivity (Wildman–Crippen MR) is 78.4 cm³/mol. The molecule has 0 spiro atoms. The largest absolute Gasteiger partial charge is 0.336 e. The molecular weight excluding hydrogens is 300 g/mol. The Labute approximate surface area is 126 Å². The van der Waals surface area contributed by atoms with Crippen molar-refractivity contribution in [2.75, 3.05) is 5.32 Å². The molecule has 1 heterocycles. The molecule has 3 nitrogen and oxygen atoms in total. The molecule has 1 saturated carbocycles. The highest BCUT2D eigenvalue weighted by molar-refractivity contribution is 6.33. The number of benzene rings is 1. The van der Waals surface area contributed by atoms with Gasteiger partial charge in [-0.3, -0.25) is 0 Å². The lowest BCUT2D eigenvalue weighted by molar-refractivity contribution is 0.632. The Kier molecular flexibility index (Phi) is 3.52. The number of aromatic nitrogens is 2. The van der Waals surface area contributed by atoms with Crippen molar-refractivity contribution in [2.45, 2.75) is 25.7 Å². The molecule has 6 heteroatoms. The van der Waals surface area contributed by atoms with Gasteiger partial charge >= 0.3 is 0 Å². The van der Waals surface area contributed by atoms with Gasteiger partial charge in [0, 0.05) is 11.5 Å². The normalized spacial score (nSPS) is 14.4. The molecule has 1 aliphatic rings. The highest BCUT2D eigenvalue weighted by Gasteiger charge is 2.28. The number of para-hydroxylation sites is 1. The van der Waals surface area contributed by atoms with E-state index in [1.165, 1.54) is 6.07 Å². The monoisotopic (exact) mass is 311 g/mol. The molecule has 2 aromatic rings. The molecule has 0 unspecified atom stereocenters. The van der Waals surface area contributed by atoms with Crippen molar-refractivity contribution >= 4 is 34.7 Å². The lowest BCUT2D eigenvalue weighted by Crippen LogP contribution is -2.04. The van der Waals surface area contributed by atoms with Gasteiger partial charge in [0.2, 0.25) is 0 Å². The topological polar surface area (TPSA) is 37.8 Å². The second kappa shape index (κ2) is 5.19. The highest BCUT2D eigenvalue weighted by atomic mass is 35.5. The molecule has 0 radical (unpaired) electrons. The second-order valence-corrected chi connectivity index (χ2v) is 5.61. The first-order valence-corrected chi connectivity index (χ1v) is 7.07. The van der Waals surface area contributed by atoms with Gasteiger partial charge in [0.15, 0.2) is 0 Å². The van der Waals surface area contributed by atoms with E-state index in [0.717, 1.165) is 12.8 Å². The van der Waals surface area contributed by atoms with Crippen molar-refractivity contribution in [1.29, 1.82) is 0 Å². The fourth-order valence-corrected chi connectivity index (χ4v) is 2.27. The van der Waals surface area contributed by atoms with Crippen LogP contribution in [-0.4, -0.2) is 9.97 Å². The van der Waals surface area contributed by atoms with Crippen LogP contribution in [0, 0.1) is 12.7 Å². The average molecular weight is 312 g/mol. The molecule has 1 aromatic heterocycles. The van der Waals surface area contributed by atoms with E-state index in [-0.39, 0.29) is 5.69 Å². The predicted octanol–water partition coefficient (Wildman–Crippen LogP) is 4.85. The van der Waals surface area contributed by atoms with Crippen LogP contribution >= 0.6 is 23.2 Å². The van der Waals surface area contributed by atoms with Gasteiger partial charge in [0.05, 0.1) is 10.7 Å². The van der Waals surface area contributed by atoms with Gasteiger partial charge in [-0.15, -0.1) is 0 Å². The van der Waals surface area contributed by atoms with Gasteiger partial charge < -0.3 is 5.32 Å². The molecule has 0 saturated heterocycles. The third kappa shape index (κ3) is 2.58. The summed E-state index contributed by atoms with van der Waals surface area (Å²) in [5, 5.41) is 3.61. The quantitative estimate of drug-likeness (QED) is 0.823. The first-order chi connectivity index (χ1) is 9.56. The smallest absolute Gasteiger partial charge is 0.148 e. The van der Waals surface area contributed by atoms with Crippen molar-refractivity contribution in [2.24, 2.45) is 0 Å². The van der Waals surface area contributed by atoms with E-state index >= 15 is 0 Å². The van der Waals surface area contributed by atoms with Crippen molar-refractivity contribution in [3.63, 3.8) is 0 Å². The zero-order valence-corrected chi connectivity index (χ0v) is 12.3. The third-order valence-corrected chi connectivity index (χ3v) is 3.94. The summed E-state index contributed by atoms with van der Waals surface area (Å²) in [7, 11) is 0. The van der Waals surface area contributed by atoms with E-state index in [9.17, 15) is 4.39 Å². The van der Waals surface area contributed by atoms with E-state index in [0.29, 0.717) is 33.3 Å². The summed E-state index contributed by atoms with van der Waals surface area (Å²) >= 11 is 12.1. The van der Waals surface area contributed by atoms with Crippen LogP contribution in [-0.2, 0) is 0 Å². The van der Waals surface area contributed by atoms with E-state index in [2.05, 4.69) is 15.3 Å². The van der Waals surface area contributed by atoms with Crippen LogP contribution in [0.4, 0.5) is 15.9 Å². The molecule has 0 atom stereocenters. The van der Waals surface area contributed by atoms with Crippen LogP contribution in [0.5, 0.6) is 0 Å². The lowest BCUT2D eigenvalue weighted by atomic mass is 10.2. The Morgan fingerprint density at radius 2 is 2.00 bits per heavy atom. The highest BCUT2D eigenvalue weighted by Crippen LogP contribution is 2.40. The molecule has 0 amide bonds. The Hall–Kier alpha value is -1.39. The molecule has 1 aromatic carbocycles. The van der Waals surface area contributed by atoms with Gasteiger partial charge in [-0.1, -0.05) is 29.3 Å². The van der Waals surface area contributed by atoms with Gasteiger partial charge in [-0.25, -0.2) is 14.4 Å². The maximum atomic E-state index is 13.8. The Bertz CT molecular complexity index is 651. The van der Waals surface area contributed by atoms with Crippen LogP contribution in [0.2, 0.25) is 10.2 Å². The summed E-state index contributed by atoms with van der Waals surface area (Å²) in [4.78, 5) is 8.71. The Morgan fingerprint density at radius 1 is 1.25 bits per heavy atom. The molecule has 20 heavy (non-hydrogen) atoms. The Morgan fingerprint density at radius 3 is 2.65 bits per heavy atom. The van der Waals surface area contributed by atoms with Gasteiger partial charge in [0.1, 0.15) is 22.6 Å². The molecule has 1 aliphatic carbocycles. The first-order valence-electron chi connectivity index (χ1n) is 6.31. The molecule has 1 N–H and O–H groups in total. The van der Waals surface area contributed by atoms with Crippen molar-refractivity contribution in [3.05, 3.63) is 45.6 Å². The van der Waals surface area contributed by atoms with Crippen LogP contribution in [0.15, 0.2) is 18.2 Å². The SMILES string of the molecule is Cc1c(Cl)nc(C2CC2)nc1Nc1c(F)cccc1Cl. The fraction of sp³-hybridized carbons (Fsp3) is 0.286. The number of hydrogen-bond acceptors (Lipinski definition) is 3. The van der Waals surface area contributed by atoms with Crippen LogP contribution in [0.3, 0.4) is 0 Å². The minimum absolute atomic E-state index is 0.203. The number of anilines is 2. The number of nitrogens with one attached hydrogen (secondary N) is 1. The van der Waals surface area contributed by atoms with Crippen LogP contribution in [0.1, 0.15) is 30.1 Å². The Balaban J connectivity index is 2.01. The molecule has 3 rings (SSSR count). The average Bonchev–Trinajstić information content (AvgIpc) is 3.23. The summed E-state index contributed by atoms with van der Waals surface area (Å²) in [5.74, 6) is 1.14. The summed E-state index contributed by atoms with van der Waals surface area (Å²) in [6, 6.07) is 4.51. The molecule has 1 fully saturated rings. The summed E-state index contributed by atoms with van der Waals surface area (Å²) in [6.45, 7) is 1.79. The van der Waals surface area contributed by atoms with E-state index in [1.54, 1.807) is 19.1 Å². The fourth-order valence-electron chi connectivity index (χ4n) is 1.89. The number of halogens is 3. The van der Waals surface area contributed by atoms with Gasteiger partial charge in [0.25, 0.3) is 0 Å². The maximum absolute atomic E-state index is 13.8. The van der Waals surface area contributed by atoms with Crippen molar-refractivity contribution in [3.8, 4) is 0 Å². The van der Waals surface area contributed by atoms with E-state index < -0.39 is 5.82 Å². The zero-order chi connectivity index (χ0) is 14.3. The third-order valence-electron chi connectivity index (χ3n) is 3.25. The van der Waals surface area contributed by atoms with Crippen LogP contribution < -0.4 is 5.32 Å². The number of nitrogens with zero attached hydrogens (tertiary/aromatic N) is 2.